The molecule has 2 aromatic rings. The minimum atomic E-state index is -0.698. The van der Waals surface area contributed by atoms with Crippen LogP contribution in [0.2, 0.25) is 0 Å². The topological polar surface area (TPSA) is 98.8 Å². The van der Waals surface area contributed by atoms with Crippen molar-refractivity contribution in [1.82, 2.24) is 20.0 Å². The SMILES string of the molecule is COc1cccc([C@@H]2C(=C(O)c3c(C)n[nH]c3C)C(=O)C(=O)N2CCCN(C)C)c1. The van der Waals surface area contributed by atoms with Crippen LogP contribution < -0.4 is 4.74 Å². The quantitative estimate of drug-likeness (QED) is 0.412. The maximum Gasteiger partial charge on any atom is 0.295 e. The molecule has 30 heavy (non-hydrogen) atoms. The Morgan fingerprint density at radius 2 is 2.03 bits per heavy atom. The summed E-state index contributed by atoms with van der Waals surface area (Å²) in [6.07, 6.45) is 0.699. The van der Waals surface area contributed by atoms with Gasteiger partial charge in [-0.15, -0.1) is 0 Å². The number of carbonyl (C=O) groups excluding carboxylic acids is 2. The van der Waals surface area contributed by atoms with Gasteiger partial charge in [0.1, 0.15) is 11.5 Å². The maximum absolute atomic E-state index is 13.0. The summed E-state index contributed by atoms with van der Waals surface area (Å²) in [5.41, 5.74) is 2.43. The van der Waals surface area contributed by atoms with Gasteiger partial charge < -0.3 is 19.6 Å². The number of benzene rings is 1. The molecule has 3 rings (SSSR count). The monoisotopic (exact) mass is 412 g/mol. The van der Waals surface area contributed by atoms with Crippen molar-refractivity contribution in [3.05, 3.63) is 52.4 Å². The molecule has 1 aromatic heterocycles. The summed E-state index contributed by atoms with van der Waals surface area (Å²) in [6.45, 7) is 4.67. The van der Waals surface area contributed by atoms with Gasteiger partial charge in [-0.25, -0.2) is 0 Å². The Hall–Kier alpha value is -3.13. The molecule has 8 heteroatoms. The van der Waals surface area contributed by atoms with E-state index in [9.17, 15) is 14.7 Å². The molecule has 0 radical (unpaired) electrons. The number of aliphatic hydroxyl groups excluding tert-OH is 1. The Morgan fingerprint density at radius 3 is 2.63 bits per heavy atom. The van der Waals surface area contributed by atoms with Crippen LogP contribution in [-0.2, 0) is 9.59 Å². The summed E-state index contributed by atoms with van der Waals surface area (Å²) < 4.78 is 5.33. The van der Waals surface area contributed by atoms with E-state index < -0.39 is 17.7 Å². The van der Waals surface area contributed by atoms with E-state index >= 15 is 0 Å². The number of rotatable bonds is 7. The van der Waals surface area contributed by atoms with Gasteiger partial charge >= 0.3 is 0 Å². The third kappa shape index (κ3) is 3.95. The first-order valence-corrected chi connectivity index (χ1v) is 9.85. The second-order valence-corrected chi connectivity index (χ2v) is 7.73. The third-order valence-electron chi connectivity index (χ3n) is 5.32. The van der Waals surface area contributed by atoms with Gasteiger partial charge in [0.05, 0.1) is 30.0 Å². The highest BCUT2D eigenvalue weighted by Crippen LogP contribution is 2.41. The van der Waals surface area contributed by atoms with Crippen molar-refractivity contribution in [2.24, 2.45) is 0 Å². The van der Waals surface area contributed by atoms with Gasteiger partial charge in [-0.1, -0.05) is 12.1 Å². The van der Waals surface area contributed by atoms with Crippen LogP contribution in [0.5, 0.6) is 5.75 Å². The highest BCUT2D eigenvalue weighted by atomic mass is 16.5. The Kier molecular flexibility index (Phi) is 6.26. The largest absolute Gasteiger partial charge is 0.507 e. The minimum absolute atomic E-state index is 0.0747. The Labute approximate surface area is 176 Å². The third-order valence-corrected chi connectivity index (χ3v) is 5.32. The van der Waals surface area contributed by atoms with Crippen molar-refractivity contribution in [2.75, 3.05) is 34.3 Å². The van der Waals surface area contributed by atoms with Gasteiger partial charge in [-0.05, 0) is 58.6 Å². The van der Waals surface area contributed by atoms with Crippen LogP contribution in [-0.4, -0.2) is 71.1 Å². The molecule has 0 spiro atoms. The average Bonchev–Trinajstić information content (AvgIpc) is 3.18. The van der Waals surface area contributed by atoms with Gasteiger partial charge in [0.25, 0.3) is 11.7 Å². The summed E-state index contributed by atoms with van der Waals surface area (Å²) in [7, 11) is 5.47. The number of nitrogens with one attached hydrogen (secondary N) is 1. The number of H-pyrrole nitrogens is 1. The number of hydrogen-bond donors (Lipinski definition) is 2. The van der Waals surface area contributed by atoms with E-state index in [-0.39, 0.29) is 11.3 Å². The number of hydrogen-bond acceptors (Lipinski definition) is 6. The number of aromatic nitrogens is 2. The van der Waals surface area contributed by atoms with Gasteiger partial charge in [0, 0.05) is 12.2 Å². The fourth-order valence-electron chi connectivity index (χ4n) is 3.86. The molecule has 1 aliphatic heterocycles. The van der Waals surface area contributed by atoms with Crippen LogP contribution in [0.4, 0.5) is 0 Å². The molecule has 2 heterocycles. The van der Waals surface area contributed by atoms with E-state index in [1.165, 1.54) is 4.90 Å². The molecule has 0 saturated carbocycles. The number of likely N-dealkylation sites (tertiary alicyclic amines) is 1. The Morgan fingerprint density at radius 1 is 1.30 bits per heavy atom. The van der Waals surface area contributed by atoms with Gasteiger partial charge in [-0.2, -0.15) is 5.10 Å². The summed E-state index contributed by atoms with van der Waals surface area (Å²) >= 11 is 0. The van der Waals surface area contributed by atoms with Crippen LogP contribution >= 0.6 is 0 Å². The molecule has 0 unspecified atom stereocenters. The van der Waals surface area contributed by atoms with E-state index in [4.69, 9.17) is 4.74 Å². The van der Waals surface area contributed by atoms with E-state index in [2.05, 4.69) is 10.2 Å². The number of methoxy groups -OCH3 is 1. The van der Waals surface area contributed by atoms with Gasteiger partial charge in [0.2, 0.25) is 0 Å². The highest BCUT2D eigenvalue weighted by Gasteiger charge is 2.46. The lowest BCUT2D eigenvalue weighted by atomic mass is 9.94. The second kappa shape index (κ2) is 8.71. The van der Waals surface area contributed by atoms with Crippen molar-refractivity contribution in [1.29, 1.82) is 0 Å². The number of aromatic amines is 1. The molecule has 1 fully saturated rings. The first-order chi connectivity index (χ1) is 14.3. The molecule has 160 valence electrons. The predicted octanol–water partition coefficient (Wildman–Crippen LogP) is 2.41. The van der Waals surface area contributed by atoms with Crippen LogP contribution in [0.15, 0.2) is 29.8 Å². The fraction of sp³-hybridized carbons (Fsp3) is 0.409. The molecule has 8 nitrogen and oxygen atoms in total. The smallest absolute Gasteiger partial charge is 0.295 e. The summed E-state index contributed by atoms with van der Waals surface area (Å²) in [4.78, 5) is 29.5. The van der Waals surface area contributed by atoms with Crippen LogP contribution in [0, 0.1) is 13.8 Å². The van der Waals surface area contributed by atoms with E-state index in [1.54, 1.807) is 33.1 Å². The van der Waals surface area contributed by atoms with Crippen molar-refractivity contribution in [2.45, 2.75) is 26.3 Å². The molecule has 0 aliphatic carbocycles. The first kappa shape index (κ1) is 21.6. The molecular weight excluding hydrogens is 384 g/mol. The molecule has 1 atom stereocenters. The van der Waals surface area contributed by atoms with Crippen molar-refractivity contribution >= 4 is 17.4 Å². The van der Waals surface area contributed by atoms with Crippen molar-refractivity contribution in [3.63, 3.8) is 0 Å². The van der Waals surface area contributed by atoms with Crippen molar-refractivity contribution < 1.29 is 19.4 Å². The molecule has 2 N–H and O–H groups in total. The number of carbonyl (C=O) groups is 2. The number of Topliss-reactive ketones (excluding diaryl/α,β-unsaturated/α-hetero) is 1. The molecule has 1 aromatic carbocycles. The fourth-order valence-corrected chi connectivity index (χ4v) is 3.86. The summed E-state index contributed by atoms with van der Waals surface area (Å²) in [5, 5.41) is 18.1. The molecule has 1 aliphatic rings. The van der Waals surface area contributed by atoms with Crippen LogP contribution in [0.3, 0.4) is 0 Å². The zero-order chi connectivity index (χ0) is 22.0. The van der Waals surface area contributed by atoms with Crippen LogP contribution in [0.1, 0.15) is 35.0 Å². The lowest BCUT2D eigenvalue weighted by molar-refractivity contribution is -0.139. The molecular formula is C22H28N4O4. The zero-order valence-corrected chi connectivity index (χ0v) is 18.0. The molecule has 1 saturated heterocycles. The zero-order valence-electron chi connectivity index (χ0n) is 18.0. The predicted molar refractivity (Wildman–Crippen MR) is 113 cm³/mol. The summed E-state index contributed by atoms with van der Waals surface area (Å²) in [5.74, 6) is -0.894. The maximum atomic E-state index is 13.0. The number of amides is 1. The normalized spacial score (nSPS) is 18.5. The minimum Gasteiger partial charge on any atom is -0.507 e. The number of nitrogens with zero attached hydrogens (tertiary/aromatic N) is 3. The van der Waals surface area contributed by atoms with E-state index in [0.717, 1.165) is 6.54 Å². The average molecular weight is 412 g/mol. The lowest BCUT2D eigenvalue weighted by Gasteiger charge is -2.26. The highest BCUT2D eigenvalue weighted by molar-refractivity contribution is 6.46. The van der Waals surface area contributed by atoms with Gasteiger partial charge in [0.15, 0.2) is 0 Å². The molecule has 1 amide bonds. The number of ketones is 1. The number of aryl methyl sites for hydroxylation is 2. The number of aliphatic hydroxyl groups is 1. The lowest BCUT2D eigenvalue weighted by Crippen LogP contribution is -2.32. The van der Waals surface area contributed by atoms with Crippen LogP contribution in [0.25, 0.3) is 5.76 Å². The molecule has 0 bridgehead atoms. The second-order valence-electron chi connectivity index (χ2n) is 7.73. The number of ether oxygens (including phenoxy) is 1. The summed E-state index contributed by atoms with van der Waals surface area (Å²) in [6, 6.07) is 6.53. The van der Waals surface area contributed by atoms with Gasteiger partial charge in [-0.3, -0.25) is 14.7 Å². The standard InChI is InChI=1S/C22H28N4O4/c1-13-17(14(2)24-23-13)20(27)18-19(15-8-6-9-16(12-15)30-5)26(22(29)21(18)28)11-7-10-25(3)4/h6,8-9,12,19,27H,7,10-11H2,1-5H3,(H,23,24)/t19-/m1/s1. The van der Waals surface area contributed by atoms with Crippen molar-refractivity contribution in [3.8, 4) is 5.75 Å². The first-order valence-electron chi connectivity index (χ1n) is 9.85. The van der Waals surface area contributed by atoms with E-state index in [1.807, 2.05) is 31.1 Å². The Balaban J connectivity index is 2.14. The Bertz CT molecular complexity index is 973. The van der Waals surface area contributed by atoms with E-state index in [0.29, 0.717) is 41.2 Å².